The number of nitrogens with one attached hydrogen (secondary N) is 1. The van der Waals surface area contributed by atoms with Gasteiger partial charge in [0.05, 0.1) is 4.90 Å². The summed E-state index contributed by atoms with van der Waals surface area (Å²) in [6, 6.07) is 14.6. The van der Waals surface area contributed by atoms with Crippen molar-refractivity contribution in [3.8, 4) is 0 Å². The van der Waals surface area contributed by atoms with E-state index in [-0.39, 0.29) is 17.3 Å². The standard InChI is InChI=1S/C19H24N2O3S/c1-15-7-9-19(10-8-15)25(23,24)20-11-12-21(17(3)22)14-18-6-4-5-16(2)13-18/h4-10,13,20H,11-12,14H2,1-3H3. The molecule has 1 N–H and O–H groups in total. The summed E-state index contributed by atoms with van der Waals surface area (Å²) in [5.41, 5.74) is 3.15. The number of carbonyl (C=O) groups excluding carboxylic acids is 1. The van der Waals surface area contributed by atoms with E-state index in [1.165, 1.54) is 6.92 Å². The van der Waals surface area contributed by atoms with Gasteiger partial charge in [-0.05, 0) is 31.5 Å². The molecule has 6 heteroatoms. The molecule has 0 aliphatic rings. The lowest BCUT2D eigenvalue weighted by Gasteiger charge is -2.21. The summed E-state index contributed by atoms with van der Waals surface area (Å²) in [6.07, 6.45) is 0. The van der Waals surface area contributed by atoms with Crippen molar-refractivity contribution in [2.75, 3.05) is 13.1 Å². The third-order valence-corrected chi connectivity index (χ3v) is 5.38. The Labute approximate surface area is 149 Å². The van der Waals surface area contributed by atoms with Gasteiger partial charge in [-0.25, -0.2) is 13.1 Å². The third-order valence-electron chi connectivity index (χ3n) is 3.91. The summed E-state index contributed by atoms with van der Waals surface area (Å²) in [5, 5.41) is 0. The number of carbonyl (C=O) groups is 1. The predicted octanol–water partition coefficient (Wildman–Crippen LogP) is 2.63. The van der Waals surface area contributed by atoms with Crippen LogP contribution in [0.5, 0.6) is 0 Å². The van der Waals surface area contributed by atoms with E-state index in [1.807, 2.05) is 38.1 Å². The minimum absolute atomic E-state index is 0.0870. The maximum absolute atomic E-state index is 12.3. The van der Waals surface area contributed by atoms with Crippen molar-refractivity contribution in [1.82, 2.24) is 9.62 Å². The molecule has 0 spiro atoms. The van der Waals surface area contributed by atoms with Crippen molar-refractivity contribution in [3.05, 3.63) is 65.2 Å². The number of hydrogen-bond acceptors (Lipinski definition) is 3. The van der Waals surface area contributed by atoms with Crippen LogP contribution in [0.3, 0.4) is 0 Å². The lowest BCUT2D eigenvalue weighted by Crippen LogP contribution is -2.37. The second-order valence-corrected chi connectivity index (χ2v) is 7.91. The van der Waals surface area contributed by atoms with Gasteiger partial charge in [0.2, 0.25) is 15.9 Å². The number of hydrogen-bond donors (Lipinski definition) is 1. The molecule has 0 aliphatic heterocycles. The Kier molecular flexibility index (Phi) is 6.33. The lowest BCUT2D eigenvalue weighted by atomic mass is 10.1. The fourth-order valence-electron chi connectivity index (χ4n) is 2.49. The van der Waals surface area contributed by atoms with Crippen molar-refractivity contribution in [1.29, 1.82) is 0 Å². The van der Waals surface area contributed by atoms with Gasteiger partial charge >= 0.3 is 0 Å². The van der Waals surface area contributed by atoms with Crippen molar-refractivity contribution in [2.24, 2.45) is 0 Å². The second-order valence-electron chi connectivity index (χ2n) is 6.14. The lowest BCUT2D eigenvalue weighted by molar-refractivity contribution is -0.129. The highest BCUT2D eigenvalue weighted by Crippen LogP contribution is 2.10. The van der Waals surface area contributed by atoms with Crippen LogP contribution < -0.4 is 4.72 Å². The Balaban J connectivity index is 1.97. The molecule has 5 nitrogen and oxygen atoms in total. The third kappa shape index (κ3) is 5.69. The van der Waals surface area contributed by atoms with Gasteiger partial charge in [-0.1, -0.05) is 47.5 Å². The fraction of sp³-hybridized carbons (Fsp3) is 0.316. The minimum Gasteiger partial charge on any atom is -0.337 e. The number of rotatable bonds is 7. The average Bonchev–Trinajstić information content (AvgIpc) is 2.54. The molecule has 0 radical (unpaired) electrons. The quantitative estimate of drug-likeness (QED) is 0.825. The molecule has 2 aromatic rings. The first kappa shape index (κ1) is 19.1. The van der Waals surface area contributed by atoms with E-state index in [4.69, 9.17) is 0 Å². The summed E-state index contributed by atoms with van der Waals surface area (Å²) >= 11 is 0. The van der Waals surface area contributed by atoms with E-state index in [1.54, 1.807) is 29.2 Å². The maximum atomic E-state index is 12.3. The van der Waals surface area contributed by atoms with Crippen LogP contribution in [-0.2, 0) is 21.4 Å². The summed E-state index contributed by atoms with van der Waals surface area (Å²) in [4.78, 5) is 13.7. The normalized spacial score (nSPS) is 11.3. The first-order chi connectivity index (χ1) is 11.8. The Morgan fingerprint density at radius 1 is 1.04 bits per heavy atom. The molecule has 0 fully saturated rings. The molecule has 0 unspecified atom stereocenters. The van der Waals surface area contributed by atoms with Crippen LogP contribution in [0.25, 0.3) is 0 Å². The van der Waals surface area contributed by atoms with E-state index >= 15 is 0 Å². The molecule has 0 aromatic heterocycles. The molecular weight excluding hydrogens is 336 g/mol. The fourth-order valence-corrected chi connectivity index (χ4v) is 3.52. The van der Waals surface area contributed by atoms with Gasteiger partial charge in [0.15, 0.2) is 0 Å². The van der Waals surface area contributed by atoms with Crippen molar-refractivity contribution >= 4 is 15.9 Å². The topological polar surface area (TPSA) is 66.5 Å². The maximum Gasteiger partial charge on any atom is 0.240 e. The van der Waals surface area contributed by atoms with Gasteiger partial charge in [0.25, 0.3) is 0 Å². The molecule has 1 amide bonds. The molecule has 0 bridgehead atoms. The van der Waals surface area contributed by atoms with Crippen molar-refractivity contribution < 1.29 is 13.2 Å². The molecule has 0 saturated heterocycles. The Hall–Kier alpha value is -2.18. The summed E-state index contributed by atoms with van der Waals surface area (Å²) < 4.78 is 27.1. The number of benzene rings is 2. The highest BCUT2D eigenvalue weighted by Gasteiger charge is 2.15. The summed E-state index contributed by atoms with van der Waals surface area (Å²) in [6.45, 7) is 6.33. The zero-order chi connectivity index (χ0) is 18.4. The van der Waals surface area contributed by atoms with Crippen LogP contribution in [0, 0.1) is 13.8 Å². The highest BCUT2D eigenvalue weighted by atomic mass is 32.2. The van der Waals surface area contributed by atoms with Gasteiger partial charge in [0.1, 0.15) is 0 Å². The molecule has 0 saturated carbocycles. The van der Waals surface area contributed by atoms with Crippen molar-refractivity contribution in [3.63, 3.8) is 0 Å². The van der Waals surface area contributed by atoms with Gasteiger partial charge in [-0.3, -0.25) is 4.79 Å². The molecule has 134 valence electrons. The van der Waals surface area contributed by atoms with Crippen LogP contribution in [0.2, 0.25) is 0 Å². The largest absolute Gasteiger partial charge is 0.337 e. The molecule has 2 rings (SSSR count). The van der Waals surface area contributed by atoms with Crippen LogP contribution in [-0.4, -0.2) is 32.3 Å². The first-order valence-electron chi connectivity index (χ1n) is 8.15. The molecule has 25 heavy (non-hydrogen) atoms. The molecule has 2 aromatic carbocycles. The zero-order valence-corrected chi connectivity index (χ0v) is 15.6. The SMILES string of the molecule is CC(=O)N(CCNS(=O)(=O)c1ccc(C)cc1)Cc1cccc(C)c1. The number of amides is 1. The Morgan fingerprint density at radius 2 is 1.72 bits per heavy atom. The summed E-state index contributed by atoms with van der Waals surface area (Å²) in [5.74, 6) is -0.0870. The monoisotopic (exact) mass is 360 g/mol. The summed E-state index contributed by atoms with van der Waals surface area (Å²) in [7, 11) is -3.57. The second kappa shape index (κ2) is 8.27. The van der Waals surface area contributed by atoms with E-state index in [9.17, 15) is 13.2 Å². The average molecular weight is 360 g/mol. The minimum atomic E-state index is -3.57. The molecular formula is C19H24N2O3S. The van der Waals surface area contributed by atoms with Gasteiger partial charge in [0, 0.05) is 26.6 Å². The van der Waals surface area contributed by atoms with Crippen LogP contribution in [0.1, 0.15) is 23.6 Å². The van der Waals surface area contributed by atoms with Crippen LogP contribution in [0.4, 0.5) is 0 Å². The number of aryl methyl sites for hydroxylation is 2. The van der Waals surface area contributed by atoms with Gasteiger partial charge in [-0.2, -0.15) is 0 Å². The van der Waals surface area contributed by atoms with Crippen LogP contribution >= 0.6 is 0 Å². The Bertz CT molecular complexity index is 830. The van der Waals surface area contributed by atoms with Crippen molar-refractivity contribution in [2.45, 2.75) is 32.2 Å². The van der Waals surface area contributed by atoms with E-state index in [0.29, 0.717) is 13.1 Å². The van der Waals surface area contributed by atoms with E-state index in [0.717, 1.165) is 16.7 Å². The molecule has 0 heterocycles. The van der Waals surface area contributed by atoms with E-state index in [2.05, 4.69) is 4.72 Å². The number of nitrogens with zero attached hydrogens (tertiary/aromatic N) is 1. The zero-order valence-electron chi connectivity index (χ0n) is 14.8. The smallest absolute Gasteiger partial charge is 0.240 e. The molecule has 0 aliphatic carbocycles. The predicted molar refractivity (Wildman–Crippen MR) is 98.6 cm³/mol. The van der Waals surface area contributed by atoms with Gasteiger partial charge < -0.3 is 4.90 Å². The Morgan fingerprint density at radius 3 is 2.32 bits per heavy atom. The first-order valence-corrected chi connectivity index (χ1v) is 9.63. The molecule has 0 atom stereocenters. The number of sulfonamides is 1. The highest BCUT2D eigenvalue weighted by molar-refractivity contribution is 7.89. The van der Waals surface area contributed by atoms with Gasteiger partial charge in [-0.15, -0.1) is 0 Å². The van der Waals surface area contributed by atoms with E-state index < -0.39 is 10.0 Å². The van der Waals surface area contributed by atoms with Crippen LogP contribution in [0.15, 0.2) is 53.4 Å².